The van der Waals surface area contributed by atoms with Crippen molar-refractivity contribution in [2.75, 3.05) is 0 Å². The van der Waals surface area contributed by atoms with E-state index < -0.39 is 0 Å². The molecule has 1 saturated carbocycles. The lowest BCUT2D eigenvalue weighted by Crippen LogP contribution is -2.17. The standard InChI is InChI=1S/C10H13N/c1-10(7-11)5-8-2-3-9(4-8)6-10/h5,9H,2-4,6H2,1H3. The van der Waals surface area contributed by atoms with Crippen LogP contribution in [0.3, 0.4) is 0 Å². The molecular weight excluding hydrogens is 134 g/mol. The molecule has 0 heterocycles. The fourth-order valence-corrected chi connectivity index (χ4v) is 2.46. The molecule has 0 aromatic heterocycles. The topological polar surface area (TPSA) is 23.8 Å². The number of rotatable bonds is 0. The van der Waals surface area contributed by atoms with E-state index in [4.69, 9.17) is 5.26 Å². The molecule has 2 rings (SSSR count). The van der Waals surface area contributed by atoms with Gasteiger partial charge in [-0.3, -0.25) is 0 Å². The van der Waals surface area contributed by atoms with Crippen molar-refractivity contribution in [1.29, 1.82) is 5.26 Å². The molecule has 0 aromatic carbocycles. The maximum atomic E-state index is 8.92. The molecule has 1 heteroatoms. The van der Waals surface area contributed by atoms with E-state index in [0.717, 1.165) is 12.3 Å². The van der Waals surface area contributed by atoms with E-state index in [1.54, 1.807) is 0 Å². The van der Waals surface area contributed by atoms with E-state index in [2.05, 4.69) is 19.1 Å². The van der Waals surface area contributed by atoms with Gasteiger partial charge in [-0.15, -0.1) is 0 Å². The molecule has 2 unspecified atom stereocenters. The average Bonchev–Trinajstić information content (AvgIpc) is 2.31. The Morgan fingerprint density at radius 3 is 3.18 bits per heavy atom. The molecule has 0 aliphatic heterocycles. The Labute approximate surface area is 67.7 Å². The largest absolute Gasteiger partial charge is 0.197 e. The molecule has 1 nitrogen and oxygen atoms in total. The van der Waals surface area contributed by atoms with Gasteiger partial charge in [0.1, 0.15) is 0 Å². The van der Waals surface area contributed by atoms with Gasteiger partial charge in [-0.2, -0.15) is 5.26 Å². The van der Waals surface area contributed by atoms with Crippen LogP contribution in [0.1, 0.15) is 32.6 Å². The van der Waals surface area contributed by atoms with Crippen molar-refractivity contribution in [1.82, 2.24) is 0 Å². The number of allylic oxidation sites excluding steroid dienone is 2. The number of hydrogen-bond acceptors (Lipinski definition) is 1. The molecule has 0 spiro atoms. The van der Waals surface area contributed by atoms with Crippen molar-refractivity contribution in [2.45, 2.75) is 32.6 Å². The Morgan fingerprint density at radius 2 is 2.55 bits per heavy atom. The second-order valence-electron chi connectivity index (χ2n) is 4.14. The van der Waals surface area contributed by atoms with E-state index in [1.165, 1.54) is 24.8 Å². The van der Waals surface area contributed by atoms with Gasteiger partial charge in [0.25, 0.3) is 0 Å². The van der Waals surface area contributed by atoms with Gasteiger partial charge in [0.05, 0.1) is 11.5 Å². The molecule has 1 fully saturated rings. The highest BCUT2D eigenvalue weighted by atomic mass is 14.4. The van der Waals surface area contributed by atoms with Gasteiger partial charge in [-0.25, -0.2) is 0 Å². The zero-order valence-corrected chi connectivity index (χ0v) is 6.93. The SMILES string of the molecule is CC1(C#N)C=C2CCC(C2)C1. The molecule has 58 valence electrons. The number of nitriles is 1. The lowest BCUT2D eigenvalue weighted by atomic mass is 9.77. The Hall–Kier alpha value is -0.770. The molecule has 0 amide bonds. The van der Waals surface area contributed by atoms with Gasteiger partial charge < -0.3 is 0 Å². The third-order valence-electron chi connectivity index (χ3n) is 2.92. The van der Waals surface area contributed by atoms with Gasteiger partial charge in [0.15, 0.2) is 0 Å². The fraction of sp³-hybridized carbons (Fsp3) is 0.700. The molecule has 2 aliphatic rings. The van der Waals surface area contributed by atoms with Crippen LogP contribution in [0.25, 0.3) is 0 Å². The van der Waals surface area contributed by atoms with Crippen LogP contribution in [0.5, 0.6) is 0 Å². The normalized spacial score (nSPS) is 41.5. The van der Waals surface area contributed by atoms with Crippen molar-refractivity contribution in [3.63, 3.8) is 0 Å². The summed E-state index contributed by atoms with van der Waals surface area (Å²) < 4.78 is 0. The Balaban J connectivity index is 2.32. The van der Waals surface area contributed by atoms with Gasteiger partial charge >= 0.3 is 0 Å². The van der Waals surface area contributed by atoms with Gasteiger partial charge in [-0.1, -0.05) is 11.6 Å². The predicted octanol–water partition coefficient (Wildman–Crippen LogP) is 2.65. The summed E-state index contributed by atoms with van der Waals surface area (Å²) in [6, 6.07) is 2.40. The highest BCUT2D eigenvalue weighted by Crippen LogP contribution is 2.45. The van der Waals surface area contributed by atoms with E-state index in [-0.39, 0.29) is 5.41 Å². The third-order valence-corrected chi connectivity index (χ3v) is 2.92. The van der Waals surface area contributed by atoms with Crippen molar-refractivity contribution < 1.29 is 0 Å². The van der Waals surface area contributed by atoms with Crippen molar-refractivity contribution in [2.24, 2.45) is 11.3 Å². The van der Waals surface area contributed by atoms with E-state index in [1.807, 2.05) is 0 Å². The molecular formula is C10H13N. The monoisotopic (exact) mass is 147 g/mol. The first-order chi connectivity index (χ1) is 5.22. The summed E-state index contributed by atoms with van der Waals surface area (Å²) >= 11 is 0. The lowest BCUT2D eigenvalue weighted by Gasteiger charge is -2.25. The average molecular weight is 147 g/mol. The molecule has 11 heavy (non-hydrogen) atoms. The zero-order chi connectivity index (χ0) is 7.90. The predicted molar refractivity (Wildman–Crippen MR) is 43.8 cm³/mol. The van der Waals surface area contributed by atoms with Crippen LogP contribution >= 0.6 is 0 Å². The summed E-state index contributed by atoms with van der Waals surface area (Å²) in [5.41, 5.74) is 1.40. The smallest absolute Gasteiger partial charge is 0.0730 e. The molecule has 0 N–H and O–H groups in total. The van der Waals surface area contributed by atoms with Crippen LogP contribution in [0.4, 0.5) is 0 Å². The first-order valence-electron chi connectivity index (χ1n) is 4.34. The molecule has 2 atom stereocenters. The minimum absolute atomic E-state index is 0.130. The molecule has 0 saturated heterocycles. The second kappa shape index (κ2) is 2.11. The maximum Gasteiger partial charge on any atom is 0.0730 e. The van der Waals surface area contributed by atoms with Crippen molar-refractivity contribution >= 4 is 0 Å². The Kier molecular flexibility index (Phi) is 1.32. The summed E-state index contributed by atoms with van der Waals surface area (Å²) in [5.74, 6) is 0.819. The van der Waals surface area contributed by atoms with Crippen molar-refractivity contribution in [3.8, 4) is 6.07 Å². The molecule has 2 bridgehead atoms. The number of fused-ring (bicyclic) bond motifs is 2. The molecule has 2 aliphatic carbocycles. The molecule has 0 aromatic rings. The van der Waals surface area contributed by atoms with Crippen LogP contribution in [0.15, 0.2) is 11.6 Å². The van der Waals surface area contributed by atoms with Crippen LogP contribution in [-0.4, -0.2) is 0 Å². The van der Waals surface area contributed by atoms with Gasteiger partial charge in [0, 0.05) is 0 Å². The summed E-state index contributed by atoms with van der Waals surface area (Å²) in [7, 11) is 0. The first kappa shape index (κ1) is 6.91. The van der Waals surface area contributed by atoms with Crippen molar-refractivity contribution in [3.05, 3.63) is 11.6 Å². The summed E-state index contributed by atoms with van der Waals surface area (Å²) in [6.07, 6.45) is 7.14. The highest BCUT2D eigenvalue weighted by Gasteiger charge is 2.34. The van der Waals surface area contributed by atoms with Crippen LogP contribution in [0.2, 0.25) is 0 Å². The highest BCUT2D eigenvalue weighted by molar-refractivity contribution is 5.24. The summed E-state index contributed by atoms with van der Waals surface area (Å²) in [4.78, 5) is 0. The second-order valence-corrected chi connectivity index (χ2v) is 4.14. The van der Waals surface area contributed by atoms with Crippen LogP contribution in [0, 0.1) is 22.7 Å². The van der Waals surface area contributed by atoms with Gasteiger partial charge in [0.2, 0.25) is 0 Å². The number of nitrogens with zero attached hydrogens (tertiary/aromatic N) is 1. The Morgan fingerprint density at radius 1 is 1.73 bits per heavy atom. The number of hydrogen-bond donors (Lipinski definition) is 0. The summed E-state index contributed by atoms with van der Waals surface area (Å²) in [6.45, 7) is 2.06. The maximum absolute atomic E-state index is 8.92. The van der Waals surface area contributed by atoms with E-state index in [0.29, 0.717) is 0 Å². The Bertz CT molecular complexity index is 246. The lowest BCUT2D eigenvalue weighted by molar-refractivity contribution is 0.371. The fourth-order valence-electron chi connectivity index (χ4n) is 2.46. The van der Waals surface area contributed by atoms with Gasteiger partial charge in [-0.05, 0) is 38.5 Å². The third kappa shape index (κ3) is 1.07. The van der Waals surface area contributed by atoms with Crippen LogP contribution in [-0.2, 0) is 0 Å². The van der Waals surface area contributed by atoms with Crippen LogP contribution < -0.4 is 0 Å². The minimum atomic E-state index is -0.130. The minimum Gasteiger partial charge on any atom is -0.197 e. The summed E-state index contributed by atoms with van der Waals surface area (Å²) in [5, 5.41) is 8.92. The zero-order valence-electron chi connectivity index (χ0n) is 6.93. The molecule has 0 radical (unpaired) electrons. The quantitative estimate of drug-likeness (QED) is 0.483. The first-order valence-corrected chi connectivity index (χ1v) is 4.34. The van der Waals surface area contributed by atoms with E-state index in [9.17, 15) is 0 Å². The van der Waals surface area contributed by atoms with E-state index >= 15 is 0 Å².